The van der Waals surface area contributed by atoms with Crippen LogP contribution in [0.25, 0.3) is 33.6 Å². The summed E-state index contributed by atoms with van der Waals surface area (Å²) >= 11 is 6.38. The third kappa shape index (κ3) is 5.22. The number of carboxylic acid groups (broad SMARTS) is 1. The Labute approximate surface area is 225 Å². The van der Waals surface area contributed by atoms with Crippen molar-refractivity contribution >= 4 is 34.2 Å². The van der Waals surface area contributed by atoms with Gasteiger partial charge in [-0.15, -0.1) is 0 Å². The maximum atomic E-state index is 11.2. The van der Waals surface area contributed by atoms with E-state index in [1.54, 1.807) is 18.3 Å². The van der Waals surface area contributed by atoms with Gasteiger partial charge in [-0.1, -0.05) is 35.0 Å². The number of benzene rings is 2. The van der Waals surface area contributed by atoms with Crippen molar-refractivity contribution in [3.05, 3.63) is 53.7 Å². The number of carboxylic acids is 1. The summed E-state index contributed by atoms with van der Waals surface area (Å²) in [5.74, 6) is 0.842. The Morgan fingerprint density at radius 3 is 2.64 bits per heavy atom. The van der Waals surface area contributed by atoms with E-state index in [9.17, 15) is 9.90 Å². The van der Waals surface area contributed by atoms with Crippen molar-refractivity contribution in [2.75, 3.05) is 18.0 Å². The number of aliphatic carboxylic acids is 1. The summed E-state index contributed by atoms with van der Waals surface area (Å²) in [6.45, 7) is 5.10. The molecule has 0 saturated carbocycles. The molecule has 3 heterocycles. The summed E-state index contributed by atoms with van der Waals surface area (Å²) in [6.07, 6.45) is 2.84. The van der Waals surface area contributed by atoms with E-state index in [0.29, 0.717) is 54.0 Å². The van der Waals surface area contributed by atoms with Gasteiger partial charge in [0.15, 0.2) is 0 Å². The first-order chi connectivity index (χ1) is 16.9. The molecular formula is C26H24ClLiN4O4. The van der Waals surface area contributed by atoms with Gasteiger partial charge in [0.25, 0.3) is 5.89 Å². The predicted molar refractivity (Wildman–Crippen MR) is 131 cm³/mol. The van der Waals surface area contributed by atoms with Crippen LogP contribution in [0.5, 0.6) is 5.75 Å². The number of carbonyl (C=O) groups is 1. The average molecular weight is 499 g/mol. The van der Waals surface area contributed by atoms with Crippen LogP contribution < -0.4 is 33.6 Å². The number of hydrogen-bond donors (Lipinski definition) is 0. The summed E-state index contributed by atoms with van der Waals surface area (Å²) < 4.78 is 11.3. The first kappa shape index (κ1) is 26.0. The molecule has 0 spiro atoms. The van der Waals surface area contributed by atoms with Crippen molar-refractivity contribution in [3.8, 4) is 28.6 Å². The molecule has 2 aromatic heterocycles. The fourth-order valence-corrected chi connectivity index (χ4v) is 4.62. The maximum Gasteiger partial charge on any atom is 1.00 e. The Hall–Kier alpha value is -3.05. The molecule has 10 heteroatoms. The molecule has 1 aliphatic rings. The van der Waals surface area contributed by atoms with Crippen molar-refractivity contribution in [1.82, 2.24) is 15.1 Å². The van der Waals surface area contributed by atoms with E-state index in [4.69, 9.17) is 20.9 Å². The first-order valence-electron chi connectivity index (χ1n) is 11.5. The molecule has 36 heavy (non-hydrogen) atoms. The molecule has 0 amide bonds. The van der Waals surface area contributed by atoms with E-state index in [0.717, 1.165) is 22.2 Å². The van der Waals surface area contributed by atoms with Gasteiger partial charge in [-0.05, 0) is 56.3 Å². The van der Waals surface area contributed by atoms with Crippen molar-refractivity contribution in [2.24, 2.45) is 5.92 Å². The summed E-state index contributed by atoms with van der Waals surface area (Å²) in [5, 5.41) is 17.8. The molecule has 4 aromatic rings. The monoisotopic (exact) mass is 498 g/mol. The Morgan fingerprint density at radius 1 is 1.17 bits per heavy atom. The van der Waals surface area contributed by atoms with Crippen LogP contribution in [-0.2, 0) is 4.79 Å². The second-order valence-electron chi connectivity index (χ2n) is 8.85. The fraction of sp³-hybridized carbons (Fsp3) is 0.308. The predicted octanol–water partition coefficient (Wildman–Crippen LogP) is 1.36. The van der Waals surface area contributed by atoms with Gasteiger partial charge >= 0.3 is 18.9 Å². The molecule has 1 fully saturated rings. The number of anilines is 1. The van der Waals surface area contributed by atoms with E-state index in [1.807, 2.05) is 44.2 Å². The van der Waals surface area contributed by atoms with Crippen LogP contribution in [0.1, 0.15) is 26.7 Å². The molecule has 2 aromatic carbocycles. The molecule has 5 rings (SSSR count). The van der Waals surface area contributed by atoms with Crippen LogP contribution in [0, 0.1) is 5.92 Å². The number of hydrogen-bond acceptors (Lipinski definition) is 8. The Morgan fingerprint density at radius 2 is 1.94 bits per heavy atom. The molecule has 0 atom stereocenters. The number of aromatic nitrogens is 3. The van der Waals surface area contributed by atoms with Gasteiger partial charge in [-0.2, -0.15) is 4.98 Å². The number of halogens is 1. The molecule has 0 bridgehead atoms. The van der Waals surface area contributed by atoms with Crippen molar-refractivity contribution in [3.63, 3.8) is 0 Å². The van der Waals surface area contributed by atoms with Crippen LogP contribution >= 0.6 is 11.6 Å². The minimum Gasteiger partial charge on any atom is -0.550 e. The van der Waals surface area contributed by atoms with Gasteiger partial charge in [-0.25, -0.2) is 4.98 Å². The van der Waals surface area contributed by atoms with E-state index in [1.165, 1.54) is 0 Å². The zero-order valence-corrected chi connectivity index (χ0v) is 21.2. The second kappa shape index (κ2) is 10.9. The normalized spacial score (nSPS) is 14.2. The standard InChI is InChI=1S/C26H25ClN4O4.Li/c1-15(2)34-22-7-6-17(14-21(22)27)25-29-23(30-35-25)19-4-3-5-20-18(19)8-11-28-24(20)31-12-9-16(10-13-31)26(32)33;/h3-8,11,14-16H,9-10,12-13H2,1-2H3,(H,32,33);/q;+1/p-1. The zero-order chi connectivity index (χ0) is 24.5. The van der Waals surface area contributed by atoms with E-state index >= 15 is 0 Å². The van der Waals surface area contributed by atoms with Gasteiger partial charge in [-0.3, -0.25) is 0 Å². The average Bonchev–Trinajstić information content (AvgIpc) is 3.34. The largest absolute Gasteiger partial charge is 1.00 e. The Bertz CT molecular complexity index is 1390. The molecule has 180 valence electrons. The molecule has 8 nitrogen and oxygen atoms in total. The van der Waals surface area contributed by atoms with Gasteiger partial charge in [0.05, 0.1) is 11.1 Å². The molecule has 0 unspecified atom stereocenters. The third-order valence-corrected chi connectivity index (χ3v) is 6.42. The smallest absolute Gasteiger partial charge is 0.550 e. The van der Waals surface area contributed by atoms with Gasteiger partial charge < -0.3 is 24.1 Å². The SMILES string of the molecule is CC(C)Oc1ccc(-c2nc(-c3cccc4c(N5CCC(C(=O)[O-])CC5)nccc34)no2)cc1Cl.[Li+]. The topological polar surface area (TPSA) is 104 Å². The molecule has 0 N–H and O–H groups in total. The molecular weight excluding hydrogens is 475 g/mol. The second-order valence-corrected chi connectivity index (χ2v) is 9.26. The van der Waals surface area contributed by atoms with Crippen LogP contribution in [0.3, 0.4) is 0 Å². The van der Waals surface area contributed by atoms with E-state index < -0.39 is 11.9 Å². The molecule has 1 aliphatic heterocycles. The van der Waals surface area contributed by atoms with Crippen molar-refractivity contribution in [2.45, 2.75) is 32.8 Å². The summed E-state index contributed by atoms with van der Waals surface area (Å²) in [4.78, 5) is 22.6. The van der Waals surface area contributed by atoms with Crippen molar-refractivity contribution in [1.29, 1.82) is 0 Å². The molecule has 0 aliphatic carbocycles. The van der Waals surface area contributed by atoms with Crippen LogP contribution in [-0.4, -0.2) is 40.3 Å². The molecule has 1 saturated heterocycles. The van der Waals surface area contributed by atoms with Crippen molar-refractivity contribution < 1.29 is 38.0 Å². The van der Waals surface area contributed by atoms with E-state index in [2.05, 4.69) is 20.0 Å². The Kier molecular flexibility index (Phi) is 7.89. The number of rotatable bonds is 6. The fourth-order valence-electron chi connectivity index (χ4n) is 4.40. The minimum atomic E-state index is -0.978. The number of piperidine rings is 1. The Balaban J connectivity index is 0.00000304. The number of pyridine rings is 1. The zero-order valence-electron chi connectivity index (χ0n) is 20.4. The summed E-state index contributed by atoms with van der Waals surface area (Å²) in [6, 6.07) is 13.2. The first-order valence-corrected chi connectivity index (χ1v) is 11.9. The van der Waals surface area contributed by atoms with Gasteiger partial charge in [0.2, 0.25) is 5.82 Å². The maximum absolute atomic E-state index is 11.2. The number of carbonyl (C=O) groups excluding carboxylic acids is 1. The van der Waals surface area contributed by atoms with Crippen LogP contribution in [0.2, 0.25) is 5.02 Å². The third-order valence-electron chi connectivity index (χ3n) is 6.12. The minimum absolute atomic E-state index is 0. The summed E-state index contributed by atoms with van der Waals surface area (Å²) in [5.41, 5.74) is 1.51. The number of fused-ring (bicyclic) bond motifs is 1. The van der Waals surface area contributed by atoms with Crippen LogP contribution in [0.4, 0.5) is 5.82 Å². The van der Waals surface area contributed by atoms with E-state index in [-0.39, 0.29) is 25.0 Å². The quantitative estimate of drug-likeness (QED) is 0.367. The molecule has 0 radical (unpaired) electrons. The van der Waals surface area contributed by atoms with Crippen LogP contribution in [0.15, 0.2) is 53.2 Å². The number of nitrogens with zero attached hydrogens (tertiary/aromatic N) is 4. The summed E-state index contributed by atoms with van der Waals surface area (Å²) in [7, 11) is 0. The van der Waals surface area contributed by atoms with Gasteiger partial charge in [0.1, 0.15) is 11.6 Å². The van der Waals surface area contributed by atoms with Gasteiger partial charge in [0, 0.05) is 47.7 Å². The number of ether oxygens (including phenoxy) is 1.